The van der Waals surface area contributed by atoms with E-state index in [0.29, 0.717) is 44.0 Å². The van der Waals surface area contributed by atoms with Gasteiger partial charge in [0.2, 0.25) is 0 Å². The van der Waals surface area contributed by atoms with Crippen LogP contribution in [-0.2, 0) is 9.47 Å². The van der Waals surface area contributed by atoms with Gasteiger partial charge in [0.1, 0.15) is 33.9 Å². The van der Waals surface area contributed by atoms with E-state index in [2.05, 4.69) is 0 Å². The standard InChI is InChI=1S/C16H22N2O5.C16H24N2O3.CH4O/c1-15(2,3)23-14(19)17-10-9-16(4,11-17)22-13-7-5-12(6-8-13)18(20)21;1-15(2,3)21-14(19)18-10-9-16(4,11-18)20-13-7-5-12(17)6-8-13;1-2/h5-8H,9-11H2,1-4H3;5-8H,9-11,17H2,1-4H3;2H,1H3. The van der Waals surface area contributed by atoms with Crippen molar-refractivity contribution in [1.29, 1.82) is 0 Å². The Morgan fingerprint density at radius 2 is 1.11 bits per heavy atom. The molecule has 0 aliphatic carbocycles. The third-order valence-corrected chi connectivity index (χ3v) is 6.83. The molecule has 0 aromatic heterocycles. The monoisotopic (exact) mass is 646 g/mol. The first-order valence-corrected chi connectivity index (χ1v) is 15.1. The van der Waals surface area contributed by atoms with Crippen molar-refractivity contribution >= 4 is 23.6 Å². The fraction of sp³-hybridized carbons (Fsp3) is 0.576. The summed E-state index contributed by atoms with van der Waals surface area (Å²) in [6.45, 7) is 17.1. The van der Waals surface area contributed by atoms with Crippen molar-refractivity contribution in [2.45, 2.75) is 90.6 Å². The minimum Gasteiger partial charge on any atom is -0.486 e. The van der Waals surface area contributed by atoms with E-state index < -0.39 is 27.3 Å². The van der Waals surface area contributed by atoms with E-state index >= 15 is 0 Å². The van der Waals surface area contributed by atoms with Crippen LogP contribution in [0.15, 0.2) is 48.5 Å². The normalized spacial score (nSPS) is 20.8. The quantitative estimate of drug-likeness (QED) is 0.222. The number of aliphatic hydroxyl groups is 1. The summed E-state index contributed by atoms with van der Waals surface area (Å²) in [5, 5.41) is 17.7. The Kier molecular flexibility index (Phi) is 12.7. The molecule has 0 spiro atoms. The third kappa shape index (κ3) is 12.3. The van der Waals surface area contributed by atoms with Gasteiger partial charge in [-0.2, -0.15) is 0 Å². The third-order valence-electron chi connectivity index (χ3n) is 6.83. The molecule has 0 saturated carbocycles. The molecule has 2 amide bonds. The maximum Gasteiger partial charge on any atom is 0.410 e. The highest BCUT2D eigenvalue weighted by atomic mass is 16.6. The first-order valence-electron chi connectivity index (χ1n) is 15.1. The van der Waals surface area contributed by atoms with Crippen LogP contribution in [0.3, 0.4) is 0 Å². The molecule has 13 nitrogen and oxygen atoms in total. The molecule has 4 rings (SSSR count). The highest BCUT2D eigenvalue weighted by Gasteiger charge is 2.41. The van der Waals surface area contributed by atoms with Crippen molar-refractivity contribution in [1.82, 2.24) is 9.80 Å². The number of rotatable bonds is 5. The molecule has 3 N–H and O–H groups in total. The van der Waals surface area contributed by atoms with E-state index in [-0.39, 0.29) is 17.9 Å². The van der Waals surface area contributed by atoms with Crippen LogP contribution in [-0.4, -0.2) is 87.7 Å². The van der Waals surface area contributed by atoms with Crippen LogP contribution in [0.25, 0.3) is 0 Å². The zero-order chi connectivity index (χ0) is 34.9. The summed E-state index contributed by atoms with van der Waals surface area (Å²) in [5.41, 5.74) is 4.44. The number of benzene rings is 2. The summed E-state index contributed by atoms with van der Waals surface area (Å²) in [6.07, 6.45) is 0.806. The Balaban J connectivity index is 0.000000305. The zero-order valence-corrected chi connectivity index (χ0v) is 28.5. The Hall–Kier alpha value is -4.26. The second-order valence-electron chi connectivity index (χ2n) is 13.7. The van der Waals surface area contributed by atoms with Gasteiger partial charge in [-0.1, -0.05) is 0 Å². The molecule has 2 fully saturated rings. The topological polar surface area (TPSA) is 167 Å². The van der Waals surface area contributed by atoms with E-state index in [1.165, 1.54) is 12.1 Å². The Morgan fingerprint density at radius 1 is 0.761 bits per heavy atom. The van der Waals surface area contributed by atoms with Crippen LogP contribution in [0.5, 0.6) is 11.5 Å². The van der Waals surface area contributed by atoms with Gasteiger partial charge in [0.25, 0.3) is 5.69 Å². The van der Waals surface area contributed by atoms with E-state index in [1.54, 1.807) is 34.1 Å². The van der Waals surface area contributed by atoms with Crippen LogP contribution < -0.4 is 15.2 Å². The Labute approximate surface area is 271 Å². The summed E-state index contributed by atoms with van der Waals surface area (Å²) in [6, 6.07) is 13.2. The van der Waals surface area contributed by atoms with Crippen molar-refractivity contribution in [3.05, 3.63) is 58.6 Å². The summed E-state index contributed by atoms with van der Waals surface area (Å²) >= 11 is 0. The number of anilines is 1. The van der Waals surface area contributed by atoms with Crippen molar-refractivity contribution < 1.29 is 38.6 Å². The number of aliphatic hydroxyl groups excluding tert-OH is 1. The second-order valence-corrected chi connectivity index (χ2v) is 13.7. The van der Waals surface area contributed by atoms with Crippen LogP contribution >= 0.6 is 0 Å². The number of nitro groups is 1. The molecule has 2 aliphatic rings. The Morgan fingerprint density at radius 3 is 1.43 bits per heavy atom. The van der Waals surface area contributed by atoms with E-state index in [4.69, 9.17) is 29.8 Å². The number of amides is 2. The number of nitrogen functional groups attached to an aromatic ring is 1. The van der Waals surface area contributed by atoms with Crippen LogP contribution in [0, 0.1) is 10.1 Å². The predicted octanol–water partition coefficient (Wildman–Crippen LogP) is 6.03. The summed E-state index contributed by atoms with van der Waals surface area (Å²) in [7, 11) is 1.00. The number of likely N-dealkylation sites (tertiary alicyclic amines) is 2. The molecule has 2 aromatic carbocycles. The van der Waals surface area contributed by atoms with Gasteiger partial charge >= 0.3 is 12.2 Å². The number of nitrogens with zero attached hydrogens (tertiary/aromatic N) is 3. The number of carbonyl (C=O) groups is 2. The van der Waals surface area contributed by atoms with Gasteiger partial charge in [-0.25, -0.2) is 9.59 Å². The number of nitro benzene ring substituents is 1. The molecule has 2 heterocycles. The van der Waals surface area contributed by atoms with E-state index in [9.17, 15) is 19.7 Å². The number of nitrogens with two attached hydrogens (primary N) is 1. The zero-order valence-electron chi connectivity index (χ0n) is 28.5. The molecule has 13 heteroatoms. The number of non-ortho nitro benzene ring substituents is 1. The number of ether oxygens (including phenoxy) is 4. The van der Waals surface area contributed by atoms with Crippen LogP contribution in [0.2, 0.25) is 0 Å². The fourth-order valence-corrected chi connectivity index (χ4v) is 4.74. The SMILES string of the molecule is CC(C)(C)OC(=O)N1CCC(C)(Oc2ccc(N)cc2)C1.CC(C)(C)OC(=O)N1CCC(C)(Oc2ccc([N+](=O)[O-])cc2)C1.CO. The van der Waals surface area contributed by atoms with Crippen molar-refractivity contribution in [3.63, 3.8) is 0 Å². The first kappa shape index (κ1) is 37.9. The molecule has 2 aliphatic heterocycles. The lowest BCUT2D eigenvalue weighted by atomic mass is 10.1. The van der Waals surface area contributed by atoms with E-state index in [0.717, 1.165) is 19.3 Å². The second kappa shape index (κ2) is 15.4. The molecule has 0 bridgehead atoms. The summed E-state index contributed by atoms with van der Waals surface area (Å²) in [5.74, 6) is 1.31. The van der Waals surface area contributed by atoms with Crippen LogP contribution in [0.1, 0.15) is 68.2 Å². The van der Waals surface area contributed by atoms with Gasteiger partial charge < -0.3 is 39.6 Å². The molecule has 2 atom stereocenters. The molecule has 2 saturated heterocycles. The van der Waals surface area contributed by atoms with Crippen molar-refractivity contribution in [2.24, 2.45) is 0 Å². The lowest BCUT2D eigenvalue weighted by molar-refractivity contribution is -0.384. The number of carbonyl (C=O) groups excluding carboxylic acids is 2. The average molecular weight is 647 g/mol. The van der Waals surface area contributed by atoms with Crippen molar-refractivity contribution in [3.8, 4) is 11.5 Å². The highest BCUT2D eigenvalue weighted by Crippen LogP contribution is 2.31. The van der Waals surface area contributed by atoms with Crippen molar-refractivity contribution in [2.75, 3.05) is 39.0 Å². The molecule has 46 heavy (non-hydrogen) atoms. The number of hydrogen-bond donors (Lipinski definition) is 2. The smallest absolute Gasteiger partial charge is 0.410 e. The molecule has 256 valence electrons. The maximum absolute atomic E-state index is 12.1. The molecule has 0 radical (unpaired) electrons. The summed E-state index contributed by atoms with van der Waals surface area (Å²) < 4.78 is 22.7. The molecular weight excluding hydrogens is 596 g/mol. The largest absolute Gasteiger partial charge is 0.486 e. The minimum absolute atomic E-state index is 0.0179. The van der Waals surface area contributed by atoms with Gasteiger partial charge in [0.15, 0.2) is 0 Å². The maximum atomic E-state index is 12.1. The van der Waals surface area contributed by atoms with Gasteiger partial charge in [0.05, 0.1) is 18.0 Å². The first-order chi connectivity index (χ1) is 21.2. The highest BCUT2D eigenvalue weighted by molar-refractivity contribution is 5.69. The number of hydrogen-bond acceptors (Lipinski definition) is 10. The lowest BCUT2D eigenvalue weighted by Gasteiger charge is -2.28. The Bertz CT molecular complexity index is 1310. The minimum atomic E-state index is -0.535. The molecule has 2 unspecified atom stereocenters. The predicted molar refractivity (Wildman–Crippen MR) is 175 cm³/mol. The van der Waals surface area contributed by atoms with Crippen LogP contribution in [0.4, 0.5) is 21.0 Å². The van der Waals surface area contributed by atoms with Gasteiger partial charge in [0, 0.05) is 50.9 Å². The molecular formula is C33H50N4O9. The van der Waals surface area contributed by atoms with Gasteiger partial charge in [-0.3, -0.25) is 10.1 Å². The molecule has 2 aromatic rings. The fourth-order valence-electron chi connectivity index (χ4n) is 4.74. The van der Waals surface area contributed by atoms with Gasteiger partial charge in [-0.05, 0) is 91.8 Å². The summed E-state index contributed by atoms with van der Waals surface area (Å²) in [4.78, 5) is 37.7. The van der Waals surface area contributed by atoms with Gasteiger partial charge in [-0.15, -0.1) is 0 Å². The average Bonchev–Trinajstić information content (AvgIpc) is 3.53. The lowest BCUT2D eigenvalue weighted by Crippen LogP contribution is -2.40. The van der Waals surface area contributed by atoms with E-state index in [1.807, 2.05) is 67.5 Å².